The van der Waals surface area contributed by atoms with Gasteiger partial charge in [0.1, 0.15) is 11.0 Å². The predicted octanol–water partition coefficient (Wildman–Crippen LogP) is 3.20. The van der Waals surface area contributed by atoms with Gasteiger partial charge in [-0.1, -0.05) is 26.8 Å². The molecule has 5 rings (SSSR count). The molecule has 1 amide bonds. The van der Waals surface area contributed by atoms with Crippen LogP contribution in [-0.4, -0.2) is 26.7 Å². The lowest BCUT2D eigenvalue weighted by Gasteiger charge is -2.62. The van der Waals surface area contributed by atoms with Crippen molar-refractivity contribution in [3.63, 3.8) is 0 Å². The van der Waals surface area contributed by atoms with Crippen LogP contribution in [0.5, 0.6) is 0 Å². The van der Waals surface area contributed by atoms with Crippen molar-refractivity contribution in [3.8, 4) is 0 Å². The lowest BCUT2D eigenvalue weighted by Crippen LogP contribution is -2.58. The molecule has 2 heterocycles. The quantitative estimate of drug-likeness (QED) is 0.672. The fourth-order valence-corrected chi connectivity index (χ4v) is 5.52. The molecule has 7 nitrogen and oxygen atoms in total. The van der Waals surface area contributed by atoms with E-state index in [-0.39, 0.29) is 18.0 Å². The van der Waals surface area contributed by atoms with Gasteiger partial charge in [-0.3, -0.25) is 14.6 Å². The number of carbonyl (C=O) groups is 1. The molecule has 3 aliphatic rings. The van der Waals surface area contributed by atoms with E-state index in [4.69, 9.17) is 0 Å². The number of rotatable bonds is 6. The number of nitrogens with one attached hydrogen (secondary N) is 2. The monoisotopic (exact) mass is 473 g/mol. The Kier molecular flexibility index (Phi) is 5.70. The number of carbonyl (C=O) groups excluding carboxylic acids is 1. The van der Waals surface area contributed by atoms with E-state index >= 15 is 0 Å². The third-order valence-corrected chi connectivity index (χ3v) is 7.93. The molecule has 3 fully saturated rings. The Labute approximate surface area is 184 Å². The van der Waals surface area contributed by atoms with Gasteiger partial charge in [0, 0.05) is 12.2 Å². The molecule has 2 aromatic rings. The summed E-state index contributed by atoms with van der Waals surface area (Å²) in [6.07, 6.45) is 5.72. The van der Waals surface area contributed by atoms with Crippen LogP contribution in [0.25, 0.3) is 0 Å². The molecule has 3 aliphatic carbocycles. The Balaban J connectivity index is 1.39. The number of aromatic nitrogens is 3. The molecule has 0 aromatic carbocycles. The van der Waals surface area contributed by atoms with Gasteiger partial charge in [0.25, 0.3) is 5.56 Å². The first-order valence-electron chi connectivity index (χ1n) is 10.5. The number of hydrogen-bond acceptors (Lipinski definition) is 5. The van der Waals surface area contributed by atoms with Gasteiger partial charge in [-0.2, -0.15) is 5.10 Å². The Bertz CT molecular complexity index is 991. The zero-order valence-electron chi connectivity index (χ0n) is 17.6. The summed E-state index contributed by atoms with van der Waals surface area (Å²) in [4.78, 5) is 29.1. The van der Waals surface area contributed by atoms with Crippen LogP contribution in [0, 0.1) is 23.2 Å². The highest BCUT2D eigenvalue weighted by atomic mass is 79.9. The van der Waals surface area contributed by atoms with Gasteiger partial charge in [-0.15, -0.1) is 0 Å². The van der Waals surface area contributed by atoms with Crippen LogP contribution >= 0.6 is 15.9 Å². The molecule has 8 heteroatoms. The molecule has 0 aliphatic heterocycles. The van der Waals surface area contributed by atoms with Gasteiger partial charge < -0.3 is 10.6 Å². The molecule has 2 N–H and O–H groups in total. The van der Waals surface area contributed by atoms with Crippen molar-refractivity contribution in [3.05, 3.63) is 51.1 Å². The maximum absolute atomic E-state index is 12.7. The van der Waals surface area contributed by atoms with E-state index in [0.717, 1.165) is 18.0 Å². The number of pyridine rings is 1. The summed E-state index contributed by atoms with van der Waals surface area (Å²) in [6.45, 7) is 7.22. The first kappa shape index (κ1) is 21.0. The molecule has 0 saturated heterocycles. The second-order valence-electron chi connectivity index (χ2n) is 9.14. The minimum absolute atomic E-state index is 0.136. The van der Waals surface area contributed by atoms with Crippen LogP contribution in [-0.2, 0) is 17.9 Å². The maximum Gasteiger partial charge on any atom is 0.283 e. The second kappa shape index (κ2) is 8.13. The van der Waals surface area contributed by atoms with Crippen LogP contribution in [0.3, 0.4) is 0 Å². The van der Waals surface area contributed by atoms with Crippen molar-refractivity contribution >= 4 is 27.5 Å². The Hall–Kier alpha value is -2.22. The lowest BCUT2D eigenvalue weighted by molar-refractivity contribution is -0.122. The molecule has 2 aromatic heterocycles. The Morgan fingerprint density at radius 1 is 1.33 bits per heavy atom. The maximum atomic E-state index is 12.7. The van der Waals surface area contributed by atoms with Gasteiger partial charge in [-0.05, 0) is 64.1 Å². The first-order chi connectivity index (χ1) is 14.3. The minimum atomic E-state index is -0.318. The summed E-state index contributed by atoms with van der Waals surface area (Å²) >= 11 is 3.41. The number of amides is 1. The first-order valence-corrected chi connectivity index (χ1v) is 11.3. The third kappa shape index (κ3) is 3.89. The highest BCUT2D eigenvalue weighted by Gasteiger charge is 2.56. The molecule has 0 unspecified atom stereocenters. The van der Waals surface area contributed by atoms with Gasteiger partial charge in [0.05, 0.1) is 24.1 Å². The highest BCUT2D eigenvalue weighted by Crippen LogP contribution is 2.61. The van der Waals surface area contributed by atoms with Crippen molar-refractivity contribution in [2.75, 3.05) is 5.32 Å². The molecular formula is C22H28BrN5O2. The average molecular weight is 474 g/mol. The van der Waals surface area contributed by atoms with Crippen molar-refractivity contribution in [1.29, 1.82) is 0 Å². The highest BCUT2D eigenvalue weighted by molar-refractivity contribution is 9.10. The van der Waals surface area contributed by atoms with Crippen molar-refractivity contribution in [1.82, 2.24) is 20.1 Å². The SMILES string of the molecule is C[C@@H]1[C@H]2C[C@@H](C[C@H]1Nc1cnn(CC(=O)NCc3ccccn3)c(=O)c1Br)C2(C)C. The molecule has 2 bridgehead atoms. The number of anilines is 1. The molecule has 4 atom stereocenters. The third-order valence-electron chi connectivity index (χ3n) is 7.17. The van der Waals surface area contributed by atoms with E-state index in [0.29, 0.717) is 40.0 Å². The molecule has 0 radical (unpaired) electrons. The topological polar surface area (TPSA) is 88.9 Å². The summed E-state index contributed by atoms with van der Waals surface area (Å²) in [7, 11) is 0. The number of fused-ring (bicyclic) bond motifs is 2. The van der Waals surface area contributed by atoms with Crippen LogP contribution in [0.15, 0.2) is 39.9 Å². The number of halogens is 1. The predicted molar refractivity (Wildman–Crippen MR) is 119 cm³/mol. The summed E-state index contributed by atoms with van der Waals surface area (Å²) in [5.74, 6) is 1.69. The van der Waals surface area contributed by atoms with E-state index < -0.39 is 0 Å². The van der Waals surface area contributed by atoms with Gasteiger partial charge in [-0.25, -0.2) is 4.68 Å². The smallest absolute Gasteiger partial charge is 0.283 e. The summed E-state index contributed by atoms with van der Waals surface area (Å²) in [5, 5.41) is 10.5. The molecule has 0 spiro atoms. The molecule has 160 valence electrons. The summed E-state index contributed by atoms with van der Waals surface area (Å²) in [5.41, 5.74) is 1.55. The van der Waals surface area contributed by atoms with Crippen LogP contribution in [0.4, 0.5) is 5.69 Å². The van der Waals surface area contributed by atoms with Crippen molar-refractivity contribution in [2.45, 2.75) is 52.7 Å². The Morgan fingerprint density at radius 2 is 2.13 bits per heavy atom. The van der Waals surface area contributed by atoms with Gasteiger partial charge in [0.2, 0.25) is 5.91 Å². The van der Waals surface area contributed by atoms with Crippen molar-refractivity contribution in [2.24, 2.45) is 23.2 Å². The molecule has 30 heavy (non-hydrogen) atoms. The van der Waals surface area contributed by atoms with Crippen LogP contribution < -0.4 is 16.2 Å². The van der Waals surface area contributed by atoms with E-state index in [9.17, 15) is 9.59 Å². The fourth-order valence-electron chi connectivity index (χ4n) is 5.10. The summed E-state index contributed by atoms with van der Waals surface area (Å²) < 4.78 is 1.59. The minimum Gasteiger partial charge on any atom is -0.380 e. The van der Waals surface area contributed by atoms with E-state index in [1.807, 2.05) is 18.2 Å². The Morgan fingerprint density at radius 3 is 2.80 bits per heavy atom. The average Bonchev–Trinajstić information content (AvgIpc) is 2.73. The zero-order chi connectivity index (χ0) is 21.5. The van der Waals surface area contributed by atoms with E-state index in [1.54, 1.807) is 12.4 Å². The van der Waals surface area contributed by atoms with E-state index in [2.05, 4.69) is 57.4 Å². The van der Waals surface area contributed by atoms with Gasteiger partial charge in [0.15, 0.2) is 0 Å². The molecular weight excluding hydrogens is 446 g/mol. The second-order valence-corrected chi connectivity index (χ2v) is 9.93. The lowest BCUT2D eigenvalue weighted by atomic mass is 9.45. The summed E-state index contributed by atoms with van der Waals surface area (Å²) in [6, 6.07) is 5.84. The van der Waals surface area contributed by atoms with Crippen LogP contribution in [0.2, 0.25) is 0 Å². The standard InChI is InChI=1S/C22H28BrN5O2/c1-13-16-8-14(22(16,2)3)9-17(13)27-18-11-26-28(21(30)20(18)23)12-19(29)25-10-15-6-4-5-7-24-15/h4-7,11,13-14,16-17,27H,8-10,12H2,1-3H3,(H,25,29)/t13-,14+,16-,17-/m1/s1. The fraction of sp³-hybridized carbons (Fsp3) is 0.545. The largest absolute Gasteiger partial charge is 0.380 e. The number of nitrogens with zero attached hydrogens (tertiary/aromatic N) is 3. The van der Waals surface area contributed by atoms with Gasteiger partial charge >= 0.3 is 0 Å². The normalized spacial score (nSPS) is 26.5. The van der Waals surface area contributed by atoms with Crippen molar-refractivity contribution < 1.29 is 4.79 Å². The van der Waals surface area contributed by atoms with E-state index in [1.165, 1.54) is 11.1 Å². The zero-order valence-corrected chi connectivity index (χ0v) is 19.1. The molecule has 3 saturated carbocycles. The number of hydrogen-bond donors (Lipinski definition) is 2. The van der Waals surface area contributed by atoms with Crippen LogP contribution in [0.1, 0.15) is 39.3 Å².